The van der Waals surface area contributed by atoms with Gasteiger partial charge in [0.15, 0.2) is 5.16 Å². The zero-order valence-electron chi connectivity index (χ0n) is 10.2. The van der Waals surface area contributed by atoms with Crippen molar-refractivity contribution in [3.63, 3.8) is 0 Å². The van der Waals surface area contributed by atoms with Crippen LogP contribution in [0.5, 0.6) is 0 Å². The molecular formula is C12H10ClN3O3S. The van der Waals surface area contributed by atoms with E-state index in [1.807, 2.05) is 0 Å². The number of carboxylic acid groups (broad SMARTS) is 1. The third-order valence-corrected chi connectivity index (χ3v) is 3.46. The topological polar surface area (TPSA) is 95.9 Å². The summed E-state index contributed by atoms with van der Waals surface area (Å²) in [5.41, 5.74) is 0.787. The van der Waals surface area contributed by atoms with E-state index in [2.05, 4.69) is 15.2 Å². The Morgan fingerprint density at radius 1 is 1.30 bits per heavy atom. The Hall–Kier alpha value is -1.86. The number of nitrogens with zero attached hydrogens (tertiary/aromatic N) is 2. The Labute approximate surface area is 123 Å². The molecule has 8 heteroatoms. The molecule has 0 unspecified atom stereocenters. The Kier molecular flexibility index (Phi) is 4.75. The number of H-pyrrole nitrogens is 1. The van der Waals surface area contributed by atoms with E-state index < -0.39 is 5.97 Å². The summed E-state index contributed by atoms with van der Waals surface area (Å²) in [5, 5.41) is 17.0. The molecule has 2 rings (SSSR count). The molecule has 0 fully saturated rings. The molecule has 0 atom stereocenters. The lowest BCUT2D eigenvalue weighted by Crippen LogP contribution is -2.18. The van der Waals surface area contributed by atoms with E-state index in [1.165, 1.54) is 0 Å². The van der Waals surface area contributed by atoms with Crippen LogP contribution in [0.15, 0.2) is 34.2 Å². The maximum atomic E-state index is 11.8. The molecule has 0 spiro atoms. The van der Waals surface area contributed by atoms with E-state index >= 15 is 0 Å². The number of hydrogen-bond acceptors (Lipinski definition) is 5. The number of carboxylic acids is 1. The summed E-state index contributed by atoms with van der Waals surface area (Å²) in [7, 11) is 0. The summed E-state index contributed by atoms with van der Waals surface area (Å²) in [5.74, 6) is -1.16. The maximum Gasteiger partial charge on any atom is 0.313 e. The molecule has 0 aliphatic rings. The Bertz CT molecular complexity index is 672. The van der Waals surface area contributed by atoms with Crippen molar-refractivity contribution in [1.82, 2.24) is 15.2 Å². The zero-order chi connectivity index (χ0) is 14.5. The number of nitrogens with one attached hydrogen (secondary N) is 1. The number of aliphatic carboxylic acids is 1. The predicted molar refractivity (Wildman–Crippen MR) is 75.3 cm³/mol. The van der Waals surface area contributed by atoms with Crippen molar-refractivity contribution in [2.24, 2.45) is 0 Å². The summed E-state index contributed by atoms with van der Waals surface area (Å²) >= 11 is 6.69. The third kappa shape index (κ3) is 4.07. The van der Waals surface area contributed by atoms with E-state index in [1.54, 1.807) is 24.3 Å². The normalized spacial score (nSPS) is 10.4. The third-order valence-electron chi connectivity index (χ3n) is 2.36. The van der Waals surface area contributed by atoms with E-state index in [0.717, 1.165) is 17.3 Å². The van der Waals surface area contributed by atoms with Crippen molar-refractivity contribution in [3.8, 4) is 0 Å². The summed E-state index contributed by atoms with van der Waals surface area (Å²) in [6.07, 6.45) is 0.337. The van der Waals surface area contributed by atoms with Gasteiger partial charge in [-0.2, -0.15) is 0 Å². The number of halogens is 1. The fraction of sp³-hybridized carbons (Fsp3) is 0.167. The summed E-state index contributed by atoms with van der Waals surface area (Å²) in [6, 6.07) is 7.07. The van der Waals surface area contributed by atoms with Crippen molar-refractivity contribution in [1.29, 1.82) is 0 Å². The first-order chi connectivity index (χ1) is 9.54. The molecule has 6 nitrogen and oxygen atoms in total. The smallest absolute Gasteiger partial charge is 0.313 e. The lowest BCUT2D eigenvalue weighted by Gasteiger charge is -2.01. The number of hydrogen-bond donors (Lipinski definition) is 2. The van der Waals surface area contributed by atoms with Gasteiger partial charge in [0.1, 0.15) is 5.69 Å². The SMILES string of the molecule is O=C(O)CSc1nnc(Cc2ccc(Cl)cc2)c(=O)[nH]1. The monoisotopic (exact) mass is 311 g/mol. The molecule has 2 aromatic rings. The molecule has 1 heterocycles. The minimum Gasteiger partial charge on any atom is -0.481 e. The maximum absolute atomic E-state index is 11.8. The molecule has 20 heavy (non-hydrogen) atoms. The van der Waals surface area contributed by atoms with Crippen LogP contribution in [0, 0.1) is 0 Å². The van der Waals surface area contributed by atoms with Crippen LogP contribution in [0.4, 0.5) is 0 Å². The number of carbonyl (C=O) groups is 1. The van der Waals surface area contributed by atoms with Gasteiger partial charge in [0.2, 0.25) is 0 Å². The largest absolute Gasteiger partial charge is 0.481 e. The lowest BCUT2D eigenvalue weighted by molar-refractivity contribution is -0.133. The molecule has 0 bridgehead atoms. The highest BCUT2D eigenvalue weighted by atomic mass is 35.5. The van der Waals surface area contributed by atoms with Crippen LogP contribution in [-0.2, 0) is 11.2 Å². The number of aromatic amines is 1. The van der Waals surface area contributed by atoms with Crippen LogP contribution in [0.3, 0.4) is 0 Å². The molecule has 1 aromatic heterocycles. The van der Waals surface area contributed by atoms with Gasteiger partial charge in [-0.1, -0.05) is 35.5 Å². The molecule has 2 N–H and O–H groups in total. The molecule has 104 valence electrons. The van der Waals surface area contributed by atoms with Gasteiger partial charge in [0.25, 0.3) is 5.56 Å². The summed E-state index contributed by atoms with van der Waals surface area (Å²) < 4.78 is 0. The van der Waals surface area contributed by atoms with Crippen LogP contribution >= 0.6 is 23.4 Å². The highest BCUT2D eigenvalue weighted by molar-refractivity contribution is 7.99. The summed E-state index contributed by atoms with van der Waals surface area (Å²) in [4.78, 5) is 24.7. The quantitative estimate of drug-likeness (QED) is 0.814. The number of rotatable bonds is 5. The highest BCUT2D eigenvalue weighted by Gasteiger charge is 2.08. The Morgan fingerprint density at radius 3 is 2.60 bits per heavy atom. The molecular weight excluding hydrogens is 302 g/mol. The van der Waals surface area contributed by atoms with Crippen molar-refractivity contribution < 1.29 is 9.90 Å². The van der Waals surface area contributed by atoms with Crippen molar-refractivity contribution in [2.45, 2.75) is 11.6 Å². The van der Waals surface area contributed by atoms with Gasteiger partial charge in [-0.25, -0.2) is 0 Å². The van der Waals surface area contributed by atoms with Crippen LogP contribution < -0.4 is 5.56 Å². The first-order valence-electron chi connectivity index (χ1n) is 5.59. The second kappa shape index (κ2) is 6.53. The molecule has 0 amide bonds. The van der Waals surface area contributed by atoms with Gasteiger partial charge in [0, 0.05) is 11.4 Å². The van der Waals surface area contributed by atoms with E-state index in [4.69, 9.17) is 16.7 Å². The fourth-order valence-electron chi connectivity index (χ4n) is 1.45. The van der Waals surface area contributed by atoms with Crippen LogP contribution in [-0.4, -0.2) is 32.0 Å². The minimum absolute atomic E-state index is 0.179. The van der Waals surface area contributed by atoms with Crippen molar-refractivity contribution in [2.75, 3.05) is 5.75 Å². The second-order valence-corrected chi connectivity index (χ2v) is 5.29. The van der Waals surface area contributed by atoms with E-state index in [-0.39, 0.29) is 22.2 Å². The Balaban J connectivity index is 2.11. The van der Waals surface area contributed by atoms with Crippen molar-refractivity contribution >= 4 is 29.3 Å². The van der Waals surface area contributed by atoms with Gasteiger partial charge < -0.3 is 5.11 Å². The van der Waals surface area contributed by atoms with Crippen molar-refractivity contribution in [3.05, 3.63) is 50.9 Å². The molecule has 0 aliphatic carbocycles. The number of aromatic nitrogens is 3. The van der Waals surface area contributed by atoms with E-state index in [0.29, 0.717) is 11.4 Å². The highest BCUT2D eigenvalue weighted by Crippen LogP contribution is 2.12. The molecule has 1 aromatic carbocycles. The van der Waals surface area contributed by atoms with Gasteiger partial charge >= 0.3 is 5.97 Å². The average molecular weight is 312 g/mol. The molecule has 0 saturated heterocycles. The van der Waals surface area contributed by atoms with Crippen LogP contribution in [0.1, 0.15) is 11.3 Å². The standard InChI is InChI=1S/C12H10ClN3O3S/c13-8-3-1-7(2-4-8)5-9-11(19)14-12(16-15-9)20-6-10(17)18/h1-4H,5-6H2,(H,17,18)(H,14,16,19). The lowest BCUT2D eigenvalue weighted by atomic mass is 10.1. The van der Waals surface area contributed by atoms with Crippen LogP contribution in [0.25, 0.3) is 0 Å². The minimum atomic E-state index is -0.983. The van der Waals surface area contributed by atoms with Gasteiger partial charge in [-0.15, -0.1) is 10.2 Å². The van der Waals surface area contributed by atoms with Gasteiger partial charge in [-0.3, -0.25) is 14.6 Å². The van der Waals surface area contributed by atoms with Gasteiger partial charge in [-0.05, 0) is 17.7 Å². The first-order valence-corrected chi connectivity index (χ1v) is 6.96. The average Bonchev–Trinajstić information content (AvgIpc) is 2.41. The molecule has 0 aliphatic heterocycles. The second-order valence-electron chi connectivity index (χ2n) is 3.89. The predicted octanol–water partition coefficient (Wildman–Crippen LogP) is 1.59. The molecule has 0 radical (unpaired) electrons. The Morgan fingerprint density at radius 2 is 2.00 bits per heavy atom. The number of thioether (sulfide) groups is 1. The molecule has 0 saturated carbocycles. The number of benzene rings is 1. The fourth-order valence-corrected chi connectivity index (χ4v) is 2.10. The summed E-state index contributed by atoms with van der Waals surface area (Å²) in [6.45, 7) is 0. The van der Waals surface area contributed by atoms with Gasteiger partial charge in [0.05, 0.1) is 5.75 Å². The van der Waals surface area contributed by atoms with Crippen LogP contribution in [0.2, 0.25) is 5.02 Å². The first kappa shape index (κ1) is 14.5. The van der Waals surface area contributed by atoms with E-state index in [9.17, 15) is 9.59 Å². The zero-order valence-corrected chi connectivity index (χ0v) is 11.7.